The van der Waals surface area contributed by atoms with Crippen molar-refractivity contribution in [3.8, 4) is 11.3 Å². The monoisotopic (exact) mass is 219 g/mol. The first-order chi connectivity index (χ1) is 7.33. The number of benzene rings is 1. The summed E-state index contributed by atoms with van der Waals surface area (Å²) in [6.07, 6.45) is 1.06. The van der Waals surface area contributed by atoms with Crippen LogP contribution < -0.4 is 11.3 Å². The Morgan fingerprint density at radius 3 is 2.60 bits per heavy atom. The van der Waals surface area contributed by atoms with Gasteiger partial charge in [0.25, 0.3) is 0 Å². The van der Waals surface area contributed by atoms with Crippen LogP contribution in [-0.4, -0.2) is 4.98 Å². The molecule has 1 aromatic carbocycles. The second-order valence-corrected chi connectivity index (χ2v) is 4.09. The van der Waals surface area contributed by atoms with E-state index in [9.17, 15) is 0 Å². The Labute approximate surface area is 92.9 Å². The van der Waals surface area contributed by atoms with Crippen LogP contribution in [0.1, 0.15) is 12.5 Å². The van der Waals surface area contributed by atoms with Gasteiger partial charge in [-0.1, -0.05) is 31.2 Å². The molecule has 1 heterocycles. The molecule has 0 amide bonds. The molecular weight excluding hydrogens is 206 g/mol. The highest BCUT2D eigenvalue weighted by Gasteiger charge is 2.02. The molecule has 2 rings (SSSR count). The van der Waals surface area contributed by atoms with E-state index in [0.29, 0.717) is 0 Å². The molecule has 2 aromatic rings. The van der Waals surface area contributed by atoms with E-state index in [1.165, 1.54) is 16.9 Å². The number of thiazole rings is 1. The predicted molar refractivity (Wildman–Crippen MR) is 64.7 cm³/mol. The lowest BCUT2D eigenvalue weighted by atomic mass is 10.1. The molecule has 78 valence electrons. The first-order valence-corrected chi connectivity index (χ1v) is 5.73. The molecule has 0 saturated carbocycles. The molecule has 1 aromatic heterocycles. The number of anilines is 1. The molecule has 4 heteroatoms. The highest BCUT2D eigenvalue weighted by molar-refractivity contribution is 7.14. The molecule has 0 atom stereocenters. The summed E-state index contributed by atoms with van der Waals surface area (Å²) in [6.45, 7) is 2.15. The van der Waals surface area contributed by atoms with Gasteiger partial charge in [0.2, 0.25) is 0 Å². The predicted octanol–water partition coefficient (Wildman–Crippen LogP) is 2.66. The van der Waals surface area contributed by atoms with E-state index < -0.39 is 0 Å². The van der Waals surface area contributed by atoms with Crippen molar-refractivity contribution in [1.82, 2.24) is 4.98 Å². The van der Waals surface area contributed by atoms with Crippen LogP contribution in [0, 0.1) is 0 Å². The summed E-state index contributed by atoms with van der Waals surface area (Å²) in [5, 5.41) is 2.74. The second kappa shape index (κ2) is 4.42. The van der Waals surface area contributed by atoms with E-state index in [-0.39, 0.29) is 0 Å². The quantitative estimate of drug-likeness (QED) is 0.616. The molecule has 0 aliphatic rings. The Morgan fingerprint density at radius 1 is 1.33 bits per heavy atom. The molecule has 3 N–H and O–H groups in total. The summed E-state index contributed by atoms with van der Waals surface area (Å²) in [4.78, 5) is 4.34. The first kappa shape index (κ1) is 10.1. The average Bonchev–Trinajstić information content (AvgIpc) is 2.78. The van der Waals surface area contributed by atoms with E-state index in [0.717, 1.165) is 22.8 Å². The number of hydrogen-bond acceptors (Lipinski definition) is 4. The lowest BCUT2D eigenvalue weighted by Crippen LogP contribution is -2.05. The van der Waals surface area contributed by atoms with Crippen molar-refractivity contribution in [2.75, 3.05) is 5.43 Å². The van der Waals surface area contributed by atoms with Crippen LogP contribution in [0.15, 0.2) is 29.6 Å². The van der Waals surface area contributed by atoms with Crippen molar-refractivity contribution in [1.29, 1.82) is 0 Å². The van der Waals surface area contributed by atoms with Gasteiger partial charge in [-0.3, -0.25) is 5.43 Å². The normalized spacial score (nSPS) is 10.3. The van der Waals surface area contributed by atoms with Gasteiger partial charge in [-0.15, -0.1) is 11.3 Å². The topological polar surface area (TPSA) is 50.9 Å². The van der Waals surface area contributed by atoms with Crippen molar-refractivity contribution < 1.29 is 0 Å². The molecule has 0 aliphatic carbocycles. The minimum atomic E-state index is 0.740. The Morgan fingerprint density at radius 2 is 2.07 bits per heavy atom. The molecular formula is C11H13N3S. The summed E-state index contributed by atoms with van der Waals surface area (Å²) in [5.41, 5.74) is 5.98. The number of nitrogens with two attached hydrogens (primary N) is 1. The van der Waals surface area contributed by atoms with Crippen molar-refractivity contribution in [2.24, 2.45) is 5.84 Å². The number of hydrazine groups is 1. The summed E-state index contributed by atoms with van der Waals surface area (Å²) < 4.78 is 0. The van der Waals surface area contributed by atoms with Gasteiger partial charge in [0.05, 0.1) is 5.69 Å². The number of nitrogen functional groups attached to an aromatic ring is 1. The van der Waals surface area contributed by atoms with E-state index in [4.69, 9.17) is 5.84 Å². The molecule has 0 saturated heterocycles. The summed E-state index contributed by atoms with van der Waals surface area (Å²) >= 11 is 1.51. The third-order valence-corrected chi connectivity index (χ3v) is 3.06. The van der Waals surface area contributed by atoms with Gasteiger partial charge in [-0.05, 0) is 12.0 Å². The molecule has 0 radical (unpaired) electrons. The summed E-state index contributed by atoms with van der Waals surface area (Å²) in [7, 11) is 0. The van der Waals surface area contributed by atoms with Crippen molar-refractivity contribution >= 4 is 16.5 Å². The number of nitrogens with one attached hydrogen (secondary N) is 1. The number of rotatable bonds is 3. The van der Waals surface area contributed by atoms with Crippen LogP contribution in [0.4, 0.5) is 5.13 Å². The van der Waals surface area contributed by atoms with Gasteiger partial charge in [0.1, 0.15) is 0 Å². The van der Waals surface area contributed by atoms with Crippen LogP contribution in [0.25, 0.3) is 11.3 Å². The van der Waals surface area contributed by atoms with Gasteiger partial charge in [-0.2, -0.15) is 0 Å². The Balaban J connectivity index is 2.28. The highest BCUT2D eigenvalue weighted by atomic mass is 32.1. The van der Waals surface area contributed by atoms with Gasteiger partial charge >= 0.3 is 0 Å². The maximum atomic E-state index is 5.28. The minimum Gasteiger partial charge on any atom is -0.300 e. The van der Waals surface area contributed by atoms with Crippen molar-refractivity contribution in [3.63, 3.8) is 0 Å². The summed E-state index contributed by atoms with van der Waals surface area (Å²) in [6, 6.07) is 8.44. The fraction of sp³-hybridized carbons (Fsp3) is 0.182. The Kier molecular flexibility index (Phi) is 2.99. The molecule has 0 fully saturated rings. The van der Waals surface area contributed by atoms with Crippen LogP contribution in [0.3, 0.4) is 0 Å². The van der Waals surface area contributed by atoms with Crippen LogP contribution in [0.5, 0.6) is 0 Å². The van der Waals surface area contributed by atoms with Gasteiger partial charge < -0.3 is 0 Å². The average molecular weight is 219 g/mol. The largest absolute Gasteiger partial charge is 0.300 e. The van der Waals surface area contributed by atoms with Crippen molar-refractivity contribution in [3.05, 3.63) is 35.2 Å². The number of nitrogens with zero attached hydrogens (tertiary/aromatic N) is 1. The van der Waals surface area contributed by atoms with E-state index in [2.05, 4.69) is 41.6 Å². The van der Waals surface area contributed by atoms with Gasteiger partial charge in [0.15, 0.2) is 5.13 Å². The number of aromatic nitrogens is 1. The number of hydrogen-bond donors (Lipinski definition) is 2. The lowest BCUT2D eigenvalue weighted by molar-refractivity contribution is 1.14. The van der Waals surface area contributed by atoms with Crippen LogP contribution >= 0.6 is 11.3 Å². The third-order valence-electron chi connectivity index (χ3n) is 2.29. The Hall–Kier alpha value is -1.39. The van der Waals surface area contributed by atoms with Crippen LogP contribution in [0.2, 0.25) is 0 Å². The zero-order valence-electron chi connectivity index (χ0n) is 8.53. The molecule has 0 aliphatic heterocycles. The van der Waals surface area contributed by atoms with Gasteiger partial charge in [-0.25, -0.2) is 10.8 Å². The second-order valence-electron chi connectivity index (χ2n) is 3.23. The maximum absolute atomic E-state index is 5.28. The zero-order valence-corrected chi connectivity index (χ0v) is 9.34. The molecule has 0 bridgehead atoms. The maximum Gasteiger partial charge on any atom is 0.197 e. The van der Waals surface area contributed by atoms with Gasteiger partial charge in [0, 0.05) is 10.9 Å². The smallest absolute Gasteiger partial charge is 0.197 e. The standard InChI is InChI=1S/C11H13N3S/c1-2-8-3-5-9(6-4-8)10-7-15-11(13-10)14-12/h3-7H,2,12H2,1H3,(H,13,14). The first-order valence-electron chi connectivity index (χ1n) is 4.85. The highest BCUT2D eigenvalue weighted by Crippen LogP contribution is 2.24. The fourth-order valence-electron chi connectivity index (χ4n) is 1.38. The minimum absolute atomic E-state index is 0.740. The fourth-order valence-corrected chi connectivity index (χ4v) is 2.01. The number of aryl methyl sites for hydroxylation is 1. The van der Waals surface area contributed by atoms with E-state index in [1.54, 1.807) is 0 Å². The Bertz CT molecular complexity index is 433. The van der Waals surface area contributed by atoms with E-state index in [1.807, 2.05) is 5.38 Å². The summed E-state index contributed by atoms with van der Waals surface area (Å²) in [5.74, 6) is 5.28. The lowest BCUT2D eigenvalue weighted by Gasteiger charge is -1.99. The molecule has 0 unspecified atom stereocenters. The van der Waals surface area contributed by atoms with Crippen molar-refractivity contribution in [2.45, 2.75) is 13.3 Å². The third kappa shape index (κ3) is 2.16. The van der Waals surface area contributed by atoms with Crippen LogP contribution in [-0.2, 0) is 6.42 Å². The van der Waals surface area contributed by atoms with E-state index >= 15 is 0 Å². The molecule has 0 spiro atoms. The zero-order chi connectivity index (χ0) is 10.7. The SMILES string of the molecule is CCc1ccc(-c2csc(NN)n2)cc1. The molecule has 3 nitrogen and oxygen atoms in total. The molecule has 15 heavy (non-hydrogen) atoms.